The second kappa shape index (κ2) is 43.6. The number of fused-ring (bicyclic) bond motifs is 2. The van der Waals surface area contributed by atoms with Gasteiger partial charge in [-0.3, -0.25) is 45.3 Å². The summed E-state index contributed by atoms with van der Waals surface area (Å²) >= 11 is 0. The number of hydrogen-bond acceptors (Lipinski definition) is 23. The van der Waals surface area contributed by atoms with Gasteiger partial charge in [0.1, 0.15) is 26.4 Å². The van der Waals surface area contributed by atoms with Crippen LogP contribution in [0.1, 0.15) is 0 Å². The Morgan fingerprint density at radius 1 is 0.340 bits per heavy atom. The van der Waals surface area contributed by atoms with E-state index in [4.69, 9.17) is 47.4 Å². The first-order chi connectivity index (χ1) is 45.8. The molecule has 0 aromatic heterocycles. The van der Waals surface area contributed by atoms with E-state index < -0.39 is 43.8 Å². The number of hydrogen-bond donors (Lipinski definition) is 8. The summed E-state index contributed by atoms with van der Waals surface area (Å²) in [6, 6.07) is 23.7. The summed E-state index contributed by atoms with van der Waals surface area (Å²) in [4.78, 5) is 104. The van der Waals surface area contributed by atoms with E-state index in [9.17, 15) is 64.4 Å². The molecule has 0 radical (unpaired) electrons. The first-order valence-corrected chi connectivity index (χ1v) is 28.6. The molecule has 0 atom stereocenters. The maximum Gasteiger partial charge on any atom is 1.00 e. The first kappa shape index (κ1) is 80.0. The van der Waals surface area contributed by atoms with Crippen LogP contribution in [0.5, 0.6) is 23.0 Å². The van der Waals surface area contributed by atoms with Gasteiger partial charge in [0.25, 0.3) is 22.7 Å². The van der Waals surface area contributed by atoms with Gasteiger partial charge in [0.15, 0.2) is 23.0 Å². The Labute approximate surface area is 605 Å². The van der Waals surface area contributed by atoms with E-state index in [2.05, 4.69) is 42.5 Å². The topological polar surface area (TPSA) is 450 Å². The van der Waals surface area contributed by atoms with Gasteiger partial charge < -0.3 is 112 Å². The SMILES string of the molecule is CN(C)C=O.O=C(Nc1ccc([N+](=O)[O-])cc1)Nc1cc2c(cc1NC(=O)Nc1ccc([N+](=O)[O-])cc1)OCCOCCOCCOCCO2.O=C(Nc1ccc([N+](=O)[O-])cc1)Nc1cc2c(cc1NC(=O)Nc1ccc([N+](=O)[O-])cc1)OCCOCCOCCOCCO2.[Br-].[K+]. The van der Waals surface area contributed by atoms with E-state index in [1.807, 2.05) is 0 Å². The largest absolute Gasteiger partial charge is 1.00 e. The van der Waals surface area contributed by atoms with Crippen molar-refractivity contribution >= 4 is 98.8 Å². The molecule has 0 aliphatic carbocycles. The second-order valence-electron chi connectivity index (χ2n) is 19.4. The van der Waals surface area contributed by atoms with Crippen molar-refractivity contribution in [2.45, 2.75) is 0 Å². The molecule has 0 saturated heterocycles. The molecule has 6 aromatic carbocycles. The Hall–Kier alpha value is -9.45. The summed E-state index contributed by atoms with van der Waals surface area (Å²) in [6.07, 6.45) is 0.750. The van der Waals surface area contributed by atoms with Crippen molar-refractivity contribution in [2.75, 3.05) is 162 Å². The number of nitrogens with zero attached hydrogens (tertiary/aromatic N) is 5. The molecule has 8 N–H and O–H groups in total. The molecule has 97 heavy (non-hydrogen) atoms. The van der Waals surface area contributed by atoms with E-state index in [1.165, 1.54) is 126 Å². The second-order valence-corrected chi connectivity index (χ2v) is 19.4. The Morgan fingerprint density at radius 2 is 0.505 bits per heavy atom. The van der Waals surface area contributed by atoms with Gasteiger partial charge >= 0.3 is 75.5 Å². The third kappa shape index (κ3) is 29.6. The van der Waals surface area contributed by atoms with E-state index in [0.29, 0.717) is 52.9 Å². The maximum atomic E-state index is 12.9. The number of halogens is 1. The van der Waals surface area contributed by atoms with Crippen LogP contribution in [0.25, 0.3) is 0 Å². The van der Waals surface area contributed by atoms with E-state index in [0.717, 1.165) is 6.41 Å². The number of nitro groups is 4. The van der Waals surface area contributed by atoms with Crippen LogP contribution in [0.15, 0.2) is 121 Å². The van der Waals surface area contributed by atoms with Gasteiger partial charge in [-0.05, 0) is 48.5 Å². The van der Waals surface area contributed by atoms with Crippen LogP contribution in [0, 0.1) is 40.5 Å². The number of amides is 9. The average Bonchev–Trinajstić information content (AvgIpc) is 0.861. The Bertz CT molecular complexity index is 3100. The number of nitrogens with one attached hydrogen (secondary N) is 8. The number of rotatable bonds is 13. The molecule has 38 heteroatoms. The number of urea groups is 4. The fourth-order valence-electron chi connectivity index (χ4n) is 7.72. The fourth-order valence-corrected chi connectivity index (χ4v) is 7.72. The molecule has 2 aliphatic rings. The standard InChI is InChI=1S/2C28H30N6O11.C3H7NO.BrH.K/c2*35-27(29-19-1-5-21(6-2-19)33(37)38)31-23-17-25-26(45-16-14-43-12-10-41-9-11-42-13-15-44-25)18-24(23)32-28(36)30-20-3-7-22(8-4-20)34(39)40;1-4(2)3-5;;/h2*1-8,17-18H,9-16H2,(H2,29,31,35)(H2,30,32,36);3H,1-2H3;1H;/q;;;;+1/p-1. The van der Waals surface area contributed by atoms with Crippen molar-refractivity contribution in [2.24, 2.45) is 0 Å². The molecule has 8 rings (SSSR count). The van der Waals surface area contributed by atoms with Gasteiger partial charge in [0, 0.05) is 110 Å². The van der Waals surface area contributed by atoms with Crippen LogP contribution < -0.4 is 130 Å². The molecule has 514 valence electrons. The fraction of sp³-hybridized carbons (Fsp3) is 0.305. The van der Waals surface area contributed by atoms with Crippen molar-refractivity contribution in [3.8, 4) is 23.0 Å². The predicted molar refractivity (Wildman–Crippen MR) is 342 cm³/mol. The minimum Gasteiger partial charge on any atom is -1.00 e. The third-order valence-corrected chi connectivity index (χ3v) is 12.1. The van der Waals surface area contributed by atoms with Gasteiger partial charge in [-0.1, -0.05) is 0 Å². The number of nitro benzene ring substituents is 4. The minimum absolute atomic E-state index is 0. The van der Waals surface area contributed by atoms with Crippen molar-refractivity contribution in [3.05, 3.63) is 162 Å². The first-order valence-electron chi connectivity index (χ1n) is 28.6. The zero-order valence-corrected chi connectivity index (χ0v) is 57.2. The van der Waals surface area contributed by atoms with Crippen molar-refractivity contribution in [1.29, 1.82) is 0 Å². The van der Waals surface area contributed by atoms with Crippen LogP contribution in [0.4, 0.5) is 87.4 Å². The van der Waals surface area contributed by atoms with Crippen molar-refractivity contribution in [1.82, 2.24) is 4.90 Å². The number of ether oxygens (including phenoxy) is 10. The third-order valence-electron chi connectivity index (χ3n) is 12.1. The van der Waals surface area contributed by atoms with Crippen LogP contribution in [-0.4, -0.2) is 175 Å². The predicted octanol–water partition coefficient (Wildman–Crippen LogP) is 2.94. The van der Waals surface area contributed by atoms with Gasteiger partial charge in [-0.15, -0.1) is 0 Å². The van der Waals surface area contributed by atoms with Crippen LogP contribution in [0.2, 0.25) is 0 Å². The summed E-state index contributed by atoms with van der Waals surface area (Å²) in [5.41, 5.74) is 0.963. The molecular formula is C59H67BrKN13O23. The molecule has 0 saturated carbocycles. The molecular weight excluding hydrogens is 1380 g/mol. The molecule has 0 bridgehead atoms. The summed E-state index contributed by atoms with van der Waals surface area (Å²) in [7, 11) is 3.38. The Morgan fingerprint density at radius 3 is 0.660 bits per heavy atom. The minimum atomic E-state index is -0.725. The van der Waals surface area contributed by atoms with Crippen LogP contribution in [0.3, 0.4) is 0 Å². The number of carbonyl (C=O) groups excluding carboxylic acids is 5. The summed E-state index contributed by atoms with van der Waals surface area (Å²) in [5, 5.41) is 64.6. The van der Waals surface area contributed by atoms with Crippen LogP contribution in [-0.2, 0) is 33.2 Å². The quantitative estimate of drug-likeness (QED) is 0.0356. The smallest absolute Gasteiger partial charge is 1.00 e. The van der Waals surface area contributed by atoms with E-state index in [-0.39, 0.29) is 212 Å². The molecule has 9 amide bonds. The normalized spacial score (nSPS) is 13.5. The van der Waals surface area contributed by atoms with Crippen molar-refractivity contribution < 1.29 is 159 Å². The van der Waals surface area contributed by atoms with Gasteiger partial charge in [0.05, 0.1) is 122 Å². The number of benzene rings is 6. The monoisotopic (exact) mass is 1440 g/mol. The average molecular weight is 1450 g/mol. The molecule has 0 spiro atoms. The zero-order valence-electron chi connectivity index (χ0n) is 52.4. The molecule has 2 heterocycles. The van der Waals surface area contributed by atoms with E-state index in [1.54, 1.807) is 14.1 Å². The number of carbonyl (C=O) groups is 5. The number of non-ortho nitro benzene ring substituents is 4. The summed E-state index contributed by atoms with van der Waals surface area (Å²) in [6.45, 7) is 4.48. The molecule has 0 unspecified atom stereocenters. The maximum absolute atomic E-state index is 12.9. The molecule has 2 aliphatic heterocycles. The molecule has 0 fully saturated rings. The van der Waals surface area contributed by atoms with Gasteiger partial charge in [-0.2, -0.15) is 0 Å². The molecule has 6 aromatic rings. The van der Waals surface area contributed by atoms with E-state index >= 15 is 0 Å². The summed E-state index contributed by atoms with van der Waals surface area (Å²) in [5.74, 6) is 0.932. The zero-order chi connectivity index (χ0) is 68.3. The summed E-state index contributed by atoms with van der Waals surface area (Å²) < 4.78 is 56.3. The van der Waals surface area contributed by atoms with Crippen molar-refractivity contribution in [3.63, 3.8) is 0 Å². The van der Waals surface area contributed by atoms with Crippen LogP contribution >= 0.6 is 0 Å². The van der Waals surface area contributed by atoms with Gasteiger partial charge in [-0.25, -0.2) is 19.2 Å². The Balaban J connectivity index is 0.000000378. The molecule has 36 nitrogen and oxygen atoms in total. The Kier molecular flexibility index (Phi) is 35.9. The number of anilines is 8. The van der Waals surface area contributed by atoms with Gasteiger partial charge in [0.2, 0.25) is 6.41 Å².